The molecule has 0 fully saturated rings. The Bertz CT molecular complexity index is 1020. The number of nitrogens with one attached hydrogen (secondary N) is 2. The molecule has 0 aliphatic rings. The number of hydrogen-bond donors (Lipinski definition) is 2. The van der Waals surface area contributed by atoms with Crippen molar-refractivity contribution in [1.82, 2.24) is 20.8 Å². The summed E-state index contributed by atoms with van der Waals surface area (Å²) >= 11 is 7.22. The number of carbonyl (C=O) groups excluding carboxylic acids is 2. The molecule has 9 heteroatoms. The highest BCUT2D eigenvalue weighted by Crippen LogP contribution is 2.29. The molecule has 29 heavy (non-hydrogen) atoms. The first-order chi connectivity index (χ1) is 14.1. The Morgan fingerprint density at radius 1 is 1.07 bits per heavy atom. The van der Waals surface area contributed by atoms with Crippen molar-refractivity contribution in [2.24, 2.45) is 0 Å². The fourth-order valence-electron chi connectivity index (χ4n) is 2.42. The topological polar surface area (TPSA) is 93.2 Å². The predicted molar refractivity (Wildman–Crippen MR) is 112 cm³/mol. The first kappa shape index (κ1) is 20.6. The molecule has 0 saturated carbocycles. The Labute approximate surface area is 176 Å². The molecule has 0 spiro atoms. The van der Waals surface area contributed by atoms with Gasteiger partial charge in [-0.05, 0) is 17.9 Å². The Morgan fingerprint density at radius 3 is 2.55 bits per heavy atom. The minimum Gasteiger partial charge on any atom is -0.483 e. The number of para-hydroxylation sites is 1. The van der Waals surface area contributed by atoms with Gasteiger partial charge in [0.15, 0.2) is 17.5 Å². The van der Waals surface area contributed by atoms with Crippen molar-refractivity contribution in [3.05, 3.63) is 71.5 Å². The van der Waals surface area contributed by atoms with Gasteiger partial charge in [0.25, 0.3) is 11.8 Å². The number of thioether (sulfide) groups is 1. The average molecular weight is 429 g/mol. The second kappa shape index (κ2) is 9.90. The minimum absolute atomic E-state index is 0.0262. The normalized spacial score (nSPS) is 10.3. The van der Waals surface area contributed by atoms with E-state index in [1.54, 1.807) is 12.3 Å². The Kier molecular flexibility index (Phi) is 7.04. The lowest BCUT2D eigenvalue weighted by Gasteiger charge is -2.12. The van der Waals surface area contributed by atoms with Gasteiger partial charge in [0.1, 0.15) is 5.75 Å². The van der Waals surface area contributed by atoms with Gasteiger partial charge >= 0.3 is 0 Å². The molecule has 3 rings (SSSR count). The van der Waals surface area contributed by atoms with E-state index in [9.17, 15) is 9.59 Å². The summed E-state index contributed by atoms with van der Waals surface area (Å²) in [5.41, 5.74) is 6.37. The number of nitrogens with zero attached hydrogens (tertiary/aromatic N) is 2. The second-order valence-corrected chi connectivity index (χ2v) is 6.89. The van der Waals surface area contributed by atoms with Crippen molar-refractivity contribution < 1.29 is 14.3 Å². The molecular formula is C20H17ClN4O3S. The summed E-state index contributed by atoms with van der Waals surface area (Å²) in [5, 5.41) is 0.481. The third-order valence-electron chi connectivity index (χ3n) is 3.77. The van der Waals surface area contributed by atoms with E-state index in [0.29, 0.717) is 10.9 Å². The van der Waals surface area contributed by atoms with Gasteiger partial charge in [0, 0.05) is 5.56 Å². The second-order valence-electron chi connectivity index (χ2n) is 5.71. The fraction of sp³-hybridized carbons (Fsp3) is 0.100. The van der Waals surface area contributed by atoms with Gasteiger partial charge in [-0.25, -0.2) is 9.97 Å². The number of rotatable bonds is 6. The van der Waals surface area contributed by atoms with Gasteiger partial charge in [0.05, 0.1) is 11.2 Å². The molecule has 2 amide bonds. The molecule has 0 aliphatic carbocycles. The largest absolute Gasteiger partial charge is 0.483 e. The van der Waals surface area contributed by atoms with Crippen LogP contribution in [-0.4, -0.2) is 34.6 Å². The zero-order valence-electron chi connectivity index (χ0n) is 15.4. The first-order valence-electron chi connectivity index (χ1n) is 8.51. The summed E-state index contributed by atoms with van der Waals surface area (Å²) in [6.45, 7) is -0.280. The highest BCUT2D eigenvalue weighted by molar-refractivity contribution is 7.98. The molecule has 0 unspecified atom stereocenters. The first-order valence-corrected chi connectivity index (χ1v) is 10.1. The van der Waals surface area contributed by atoms with Crippen molar-refractivity contribution in [2.45, 2.75) is 5.16 Å². The van der Waals surface area contributed by atoms with Crippen molar-refractivity contribution in [3.63, 3.8) is 0 Å². The molecule has 0 saturated heterocycles. The van der Waals surface area contributed by atoms with Gasteiger partial charge < -0.3 is 4.74 Å². The van der Waals surface area contributed by atoms with E-state index >= 15 is 0 Å². The van der Waals surface area contributed by atoms with E-state index in [4.69, 9.17) is 16.3 Å². The van der Waals surface area contributed by atoms with E-state index in [2.05, 4.69) is 20.8 Å². The zero-order valence-corrected chi connectivity index (χ0v) is 17.0. The van der Waals surface area contributed by atoms with Crippen molar-refractivity contribution in [1.29, 1.82) is 0 Å². The van der Waals surface area contributed by atoms with Crippen LogP contribution in [0.5, 0.6) is 5.75 Å². The summed E-state index contributed by atoms with van der Waals surface area (Å²) in [4.78, 5) is 32.3. The smallest absolute Gasteiger partial charge is 0.289 e. The van der Waals surface area contributed by atoms with Crippen LogP contribution < -0.4 is 15.6 Å². The van der Waals surface area contributed by atoms with Crippen LogP contribution in [0.15, 0.2) is 66.0 Å². The van der Waals surface area contributed by atoms with E-state index in [0.717, 1.165) is 11.1 Å². The van der Waals surface area contributed by atoms with Gasteiger partial charge in [-0.1, -0.05) is 71.9 Å². The van der Waals surface area contributed by atoms with Crippen LogP contribution in [0.2, 0.25) is 5.02 Å². The van der Waals surface area contributed by atoms with Crippen molar-refractivity contribution >= 4 is 35.2 Å². The van der Waals surface area contributed by atoms with Crippen LogP contribution in [0.3, 0.4) is 0 Å². The standard InChI is InChI=1S/C20H17ClN4O3S/c1-29-20-22-11-15(21)18(23-20)19(27)25-24-17(26)12-28-16-10-6-5-9-14(16)13-7-3-2-4-8-13/h2-11H,12H2,1H3,(H,24,26)(H,25,27). The van der Waals surface area contributed by atoms with Crippen LogP contribution in [0.25, 0.3) is 11.1 Å². The summed E-state index contributed by atoms with van der Waals surface area (Å²) in [6, 6.07) is 17.1. The maximum Gasteiger partial charge on any atom is 0.289 e. The lowest BCUT2D eigenvalue weighted by molar-refractivity contribution is -0.123. The van der Waals surface area contributed by atoms with Gasteiger partial charge in [-0.3, -0.25) is 20.4 Å². The molecule has 1 aromatic heterocycles. The van der Waals surface area contributed by atoms with Crippen LogP contribution in [-0.2, 0) is 4.79 Å². The molecule has 0 radical (unpaired) electrons. The number of halogens is 1. The van der Waals surface area contributed by atoms with E-state index in [1.165, 1.54) is 18.0 Å². The molecule has 0 aliphatic heterocycles. The highest BCUT2D eigenvalue weighted by atomic mass is 35.5. The zero-order chi connectivity index (χ0) is 20.6. The monoisotopic (exact) mass is 428 g/mol. The summed E-state index contributed by atoms with van der Waals surface area (Å²) in [6.07, 6.45) is 3.11. The third kappa shape index (κ3) is 5.46. The maximum absolute atomic E-state index is 12.2. The van der Waals surface area contributed by atoms with Gasteiger partial charge in [-0.15, -0.1) is 0 Å². The minimum atomic E-state index is -0.647. The van der Waals surface area contributed by atoms with Crippen LogP contribution in [0.4, 0.5) is 0 Å². The number of amides is 2. The lowest BCUT2D eigenvalue weighted by atomic mass is 10.1. The quantitative estimate of drug-likeness (QED) is 0.355. The average Bonchev–Trinajstić information content (AvgIpc) is 2.77. The summed E-state index contributed by atoms with van der Waals surface area (Å²) in [7, 11) is 0. The summed E-state index contributed by atoms with van der Waals surface area (Å²) in [5.74, 6) is -0.620. The molecule has 2 aromatic carbocycles. The van der Waals surface area contributed by atoms with Crippen molar-refractivity contribution in [2.75, 3.05) is 12.9 Å². The number of ether oxygens (including phenoxy) is 1. The SMILES string of the molecule is CSc1ncc(Cl)c(C(=O)NNC(=O)COc2ccccc2-c2ccccc2)n1. The molecule has 3 aromatic rings. The van der Waals surface area contributed by atoms with E-state index < -0.39 is 11.8 Å². The number of hydrazine groups is 1. The number of carbonyl (C=O) groups is 2. The Hall–Kier alpha value is -3.10. The van der Waals surface area contributed by atoms with Gasteiger partial charge in [0.2, 0.25) is 0 Å². The molecular weight excluding hydrogens is 412 g/mol. The lowest BCUT2D eigenvalue weighted by Crippen LogP contribution is -2.44. The highest BCUT2D eigenvalue weighted by Gasteiger charge is 2.15. The molecule has 2 N–H and O–H groups in total. The number of benzene rings is 2. The molecule has 0 bridgehead atoms. The summed E-state index contributed by atoms with van der Waals surface area (Å²) < 4.78 is 5.63. The molecule has 1 heterocycles. The molecule has 148 valence electrons. The van der Waals surface area contributed by atoms with E-state index in [-0.39, 0.29) is 17.3 Å². The van der Waals surface area contributed by atoms with Crippen LogP contribution in [0.1, 0.15) is 10.5 Å². The van der Waals surface area contributed by atoms with E-state index in [1.807, 2.05) is 48.5 Å². The number of hydrogen-bond acceptors (Lipinski definition) is 6. The van der Waals surface area contributed by atoms with Crippen LogP contribution in [0, 0.1) is 0 Å². The Balaban J connectivity index is 1.58. The maximum atomic E-state index is 12.2. The number of aromatic nitrogens is 2. The predicted octanol–water partition coefficient (Wildman–Crippen LogP) is 3.36. The van der Waals surface area contributed by atoms with Crippen molar-refractivity contribution in [3.8, 4) is 16.9 Å². The fourth-order valence-corrected chi connectivity index (χ4v) is 2.94. The Morgan fingerprint density at radius 2 is 1.79 bits per heavy atom. The van der Waals surface area contributed by atoms with Crippen LogP contribution >= 0.6 is 23.4 Å². The third-order valence-corrected chi connectivity index (χ3v) is 4.60. The molecule has 7 nitrogen and oxygen atoms in total. The molecule has 0 atom stereocenters. The van der Waals surface area contributed by atoms with Gasteiger partial charge in [-0.2, -0.15) is 0 Å².